The molecule has 16 heavy (non-hydrogen) atoms. The van der Waals surface area contributed by atoms with Crippen LogP contribution in [-0.4, -0.2) is 30.3 Å². The predicted molar refractivity (Wildman–Crippen MR) is 66.4 cm³/mol. The van der Waals surface area contributed by atoms with Crippen molar-refractivity contribution in [1.29, 1.82) is 0 Å². The summed E-state index contributed by atoms with van der Waals surface area (Å²) < 4.78 is 0. The van der Waals surface area contributed by atoms with Gasteiger partial charge in [-0.3, -0.25) is 0 Å². The number of likely N-dealkylation sites (tertiary alicyclic amines) is 1. The van der Waals surface area contributed by atoms with Gasteiger partial charge in [0.15, 0.2) is 0 Å². The minimum absolute atomic E-state index is 0.365. The molecule has 1 aliphatic carbocycles. The summed E-state index contributed by atoms with van der Waals surface area (Å²) in [4.78, 5) is 13.4. The Morgan fingerprint density at radius 1 is 1.06 bits per heavy atom. The fourth-order valence-electron chi connectivity index (χ4n) is 3.33. The minimum Gasteiger partial charge on any atom is -0.303 e. The molecule has 1 heterocycles. The first-order valence-electron chi connectivity index (χ1n) is 7.02. The van der Waals surface area contributed by atoms with Crippen molar-refractivity contribution in [1.82, 2.24) is 4.90 Å². The lowest BCUT2D eigenvalue weighted by molar-refractivity contribution is -0.112. The van der Waals surface area contributed by atoms with Crippen LogP contribution in [0.1, 0.15) is 51.9 Å². The maximum absolute atomic E-state index is 10.7. The highest BCUT2D eigenvalue weighted by atomic mass is 16.1. The molecular weight excluding hydrogens is 198 g/mol. The van der Waals surface area contributed by atoms with Crippen LogP contribution in [0.2, 0.25) is 0 Å². The van der Waals surface area contributed by atoms with Gasteiger partial charge in [0.2, 0.25) is 0 Å². The first-order valence-corrected chi connectivity index (χ1v) is 7.02. The SMILES string of the molecule is CCC1CCN(C2CCC(C=O)CC2)CC1. The molecule has 0 amide bonds. The molecule has 1 saturated heterocycles. The lowest BCUT2D eigenvalue weighted by atomic mass is 9.84. The van der Waals surface area contributed by atoms with Crippen molar-refractivity contribution in [3.8, 4) is 0 Å². The second kappa shape index (κ2) is 5.81. The van der Waals surface area contributed by atoms with Crippen molar-refractivity contribution >= 4 is 6.29 Å². The molecule has 2 fully saturated rings. The van der Waals surface area contributed by atoms with Crippen molar-refractivity contribution < 1.29 is 4.79 Å². The molecule has 0 spiro atoms. The van der Waals surface area contributed by atoms with Gasteiger partial charge in [0.05, 0.1) is 0 Å². The van der Waals surface area contributed by atoms with Crippen LogP contribution in [0.25, 0.3) is 0 Å². The van der Waals surface area contributed by atoms with Crippen LogP contribution in [0.4, 0.5) is 0 Å². The van der Waals surface area contributed by atoms with Crippen molar-refractivity contribution in [3.05, 3.63) is 0 Å². The van der Waals surface area contributed by atoms with E-state index in [1.54, 1.807) is 0 Å². The third kappa shape index (κ3) is 2.85. The molecule has 2 nitrogen and oxygen atoms in total. The molecule has 0 N–H and O–H groups in total. The molecule has 0 aromatic heterocycles. The summed E-state index contributed by atoms with van der Waals surface area (Å²) in [5.74, 6) is 1.34. The number of hydrogen-bond donors (Lipinski definition) is 0. The first-order chi connectivity index (χ1) is 7.83. The van der Waals surface area contributed by atoms with E-state index in [1.165, 1.54) is 51.5 Å². The Morgan fingerprint density at radius 2 is 1.69 bits per heavy atom. The normalized spacial score (nSPS) is 33.8. The summed E-state index contributed by atoms with van der Waals surface area (Å²) in [7, 11) is 0. The zero-order valence-electron chi connectivity index (χ0n) is 10.5. The van der Waals surface area contributed by atoms with E-state index in [9.17, 15) is 4.79 Å². The van der Waals surface area contributed by atoms with Crippen LogP contribution < -0.4 is 0 Å². The smallest absolute Gasteiger partial charge is 0.123 e. The molecule has 0 aromatic carbocycles. The van der Waals surface area contributed by atoms with Crippen LogP contribution in [0.5, 0.6) is 0 Å². The van der Waals surface area contributed by atoms with E-state index < -0.39 is 0 Å². The van der Waals surface area contributed by atoms with Gasteiger partial charge in [-0.2, -0.15) is 0 Å². The van der Waals surface area contributed by atoms with Gasteiger partial charge in [-0.05, 0) is 57.5 Å². The number of nitrogens with zero attached hydrogens (tertiary/aromatic N) is 1. The highest BCUT2D eigenvalue weighted by Crippen LogP contribution is 2.29. The standard InChI is InChI=1S/C14H25NO/c1-2-12-7-9-15(10-8-12)14-5-3-13(11-16)4-6-14/h11-14H,2-10H2,1H3. The van der Waals surface area contributed by atoms with Crippen molar-refractivity contribution in [2.24, 2.45) is 11.8 Å². The zero-order valence-corrected chi connectivity index (χ0v) is 10.5. The molecule has 0 bridgehead atoms. The number of rotatable bonds is 3. The summed E-state index contributed by atoms with van der Waals surface area (Å²) in [5, 5.41) is 0. The second-order valence-corrected chi connectivity index (χ2v) is 5.59. The highest BCUT2D eigenvalue weighted by molar-refractivity contribution is 5.53. The Labute approximate surface area is 99.4 Å². The third-order valence-electron chi connectivity index (χ3n) is 4.68. The van der Waals surface area contributed by atoms with Crippen molar-refractivity contribution in [2.75, 3.05) is 13.1 Å². The summed E-state index contributed by atoms with van der Waals surface area (Å²) in [6, 6.07) is 0.786. The average Bonchev–Trinajstić information content (AvgIpc) is 2.39. The number of hydrogen-bond acceptors (Lipinski definition) is 2. The average molecular weight is 223 g/mol. The first kappa shape index (κ1) is 12.1. The summed E-state index contributed by atoms with van der Waals surface area (Å²) >= 11 is 0. The topological polar surface area (TPSA) is 20.3 Å². The fraction of sp³-hybridized carbons (Fsp3) is 0.929. The Morgan fingerprint density at radius 3 is 2.19 bits per heavy atom. The molecule has 92 valence electrons. The molecule has 0 aromatic rings. The molecule has 1 aliphatic heterocycles. The largest absolute Gasteiger partial charge is 0.303 e. The van der Waals surface area contributed by atoms with E-state index in [0.717, 1.165) is 24.8 Å². The Kier molecular flexibility index (Phi) is 4.39. The van der Waals surface area contributed by atoms with Gasteiger partial charge >= 0.3 is 0 Å². The third-order valence-corrected chi connectivity index (χ3v) is 4.68. The Bertz CT molecular complexity index is 213. The molecule has 2 rings (SSSR count). The molecule has 0 radical (unpaired) electrons. The molecule has 0 unspecified atom stereocenters. The lowest BCUT2D eigenvalue weighted by Crippen LogP contribution is -2.43. The van der Waals surface area contributed by atoms with E-state index in [0.29, 0.717) is 5.92 Å². The molecular formula is C14H25NO. The highest BCUT2D eigenvalue weighted by Gasteiger charge is 2.28. The van der Waals surface area contributed by atoms with Gasteiger partial charge in [0.25, 0.3) is 0 Å². The zero-order chi connectivity index (χ0) is 11.4. The van der Waals surface area contributed by atoms with Gasteiger partial charge < -0.3 is 9.69 Å². The van der Waals surface area contributed by atoms with Crippen LogP contribution in [0.15, 0.2) is 0 Å². The van der Waals surface area contributed by atoms with Gasteiger partial charge in [-0.15, -0.1) is 0 Å². The van der Waals surface area contributed by atoms with Crippen LogP contribution in [-0.2, 0) is 4.79 Å². The summed E-state index contributed by atoms with van der Waals surface area (Å²) in [6.07, 6.45) is 10.1. The van der Waals surface area contributed by atoms with Crippen LogP contribution >= 0.6 is 0 Å². The predicted octanol–water partition coefficient (Wildman–Crippen LogP) is 2.87. The number of piperidine rings is 1. The van der Waals surface area contributed by atoms with Crippen molar-refractivity contribution in [2.45, 2.75) is 57.9 Å². The van der Waals surface area contributed by atoms with E-state index >= 15 is 0 Å². The van der Waals surface area contributed by atoms with E-state index in [2.05, 4.69) is 11.8 Å². The Balaban J connectivity index is 1.75. The maximum Gasteiger partial charge on any atom is 0.123 e. The molecule has 2 aliphatic rings. The quantitative estimate of drug-likeness (QED) is 0.686. The molecule has 2 heteroatoms. The minimum atomic E-state index is 0.365. The fourth-order valence-corrected chi connectivity index (χ4v) is 3.33. The number of carbonyl (C=O) groups excluding carboxylic acids is 1. The van der Waals surface area contributed by atoms with Gasteiger partial charge in [0.1, 0.15) is 6.29 Å². The molecule has 1 saturated carbocycles. The van der Waals surface area contributed by atoms with Gasteiger partial charge in [0, 0.05) is 12.0 Å². The summed E-state index contributed by atoms with van der Waals surface area (Å²) in [6.45, 7) is 4.92. The number of aldehydes is 1. The van der Waals surface area contributed by atoms with Crippen LogP contribution in [0, 0.1) is 11.8 Å². The van der Waals surface area contributed by atoms with Crippen LogP contribution in [0.3, 0.4) is 0 Å². The second-order valence-electron chi connectivity index (χ2n) is 5.59. The van der Waals surface area contributed by atoms with E-state index in [4.69, 9.17) is 0 Å². The van der Waals surface area contributed by atoms with E-state index in [-0.39, 0.29) is 0 Å². The number of carbonyl (C=O) groups is 1. The van der Waals surface area contributed by atoms with Crippen molar-refractivity contribution in [3.63, 3.8) is 0 Å². The summed E-state index contributed by atoms with van der Waals surface area (Å²) in [5.41, 5.74) is 0. The molecule has 0 atom stereocenters. The van der Waals surface area contributed by atoms with Gasteiger partial charge in [-0.1, -0.05) is 13.3 Å². The maximum atomic E-state index is 10.7. The van der Waals surface area contributed by atoms with E-state index in [1.807, 2.05) is 0 Å². The monoisotopic (exact) mass is 223 g/mol. The Hall–Kier alpha value is -0.370. The lowest BCUT2D eigenvalue weighted by Gasteiger charge is -2.40. The van der Waals surface area contributed by atoms with Gasteiger partial charge in [-0.25, -0.2) is 0 Å².